The van der Waals surface area contributed by atoms with Gasteiger partial charge in [0, 0.05) is 29.7 Å². The van der Waals surface area contributed by atoms with Gasteiger partial charge in [0.1, 0.15) is 17.3 Å². The molecule has 0 aliphatic heterocycles. The molecule has 2 aromatic carbocycles. The predicted octanol–water partition coefficient (Wildman–Crippen LogP) is 3.32. The first kappa shape index (κ1) is 17.5. The quantitative estimate of drug-likeness (QED) is 0.812. The standard InChI is InChI=1S/C17H19ClFNO3/c1-22-14-6-11(7-15(8-14)23-2)17(21)10-20-9-12-5-13(18)3-4-16(12)19/h3-8,17,20-21H,9-10H2,1-2H3. The van der Waals surface area contributed by atoms with Crippen molar-refractivity contribution in [3.63, 3.8) is 0 Å². The van der Waals surface area contributed by atoms with E-state index >= 15 is 0 Å². The number of rotatable bonds is 7. The van der Waals surface area contributed by atoms with Gasteiger partial charge in [0.2, 0.25) is 0 Å². The van der Waals surface area contributed by atoms with Crippen molar-refractivity contribution >= 4 is 11.6 Å². The van der Waals surface area contributed by atoms with Crippen molar-refractivity contribution < 1.29 is 19.0 Å². The van der Waals surface area contributed by atoms with E-state index in [2.05, 4.69) is 5.32 Å². The maximum atomic E-state index is 13.6. The van der Waals surface area contributed by atoms with E-state index in [9.17, 15) is 9.50 Å². The van der Waals surface area contributed by atoms with E-state index in [-0.39, 0.29) is 18.9 Å². The van der Waals surface area contributed by atoms with Gasteiger partial charge in [0.25, 0.3) is 0 Å². The van der Waals surface area contributed by atoms with Gasteiger partial charge in [0.05, 0.1) is 20.3 Å². The fourth-order valence-corrected chi connectivity index (χ4v) is 2.36. The molecule has 2 N–H and O–H groups in total. The van der Waals surface area contributed by atoms with Gasteiger partial charge in [-0.05, 0) is 35.9 Å². The summed E-state index contributed by atoms with van der Waals surface area (Å²) in [4.78, 5) is 0. The molecule has 0 aliphatic carbocycles. The molecule has 4 nitrogen and oxygen atoms in total. The van der Waals surface area contributed by atoms with Crippen molar-refractivity contribution in [3.05, 3.63) is 58.4 Å². The number of benzene rings is 2. The Morgan fingerprint density at radius 2 is 1.78 bits per heavy atom. The molecule has 0 radical (unpaired) electrons. The van der Waals surface area contributed by atoms with Gasteiger partial charge in [-0.25, -0.2) is 4.39 Å². The number of hydrogen-bond acceptors (Lipinski definition) is 4. The first-order chi connectivity index (χ1) is 11.0. The number of halogens is 2. The molecule has 2 aromatic rings. The molecule has 1 atom stereocenters. The Balaban J connectivity index is 1.99. The zero-order valence-electron chi connectivity index (χ0n) is 13.0. The maximum absolute atomic E-state index is 13.6. The minimum Gasteiger partial charge on any atom is -0.497 e. The van der Waals surface area contributed by atoms with Gasteiger partial charge in [-0.2, -0.15) is 0 Å². The molecule has 23 heavy (non-hydrogen) atoms. The highest BCUT2D eigenvalue weighted by molar-refractivity contribution is 6.30. The van der Waals surface area contributed by atoms with Crippen LogP contribution in [0.2, 0.25) is 5.02 Å². The molecule has 0 fully saturated rings. The lowest BCUT2D eigenvalue weighted by Gasteiger charge is -2.15. The highest BCUT2D eigenvalue weighted by Gasteiger charge is 2.11. The van der Waals surface area contributed by atoms with Crippen LogP contribution in [0.15, 0.2) is 36.4 Å². The van der Waals surface area contributed by atoms with Crippen molar-refractivity contribution in [1.82, 2.24) is 5.32 Å². The number of ether oxygens (including phenoxy) is 2. The lowest BCUT2D eigenvalue weighted by molar-refractivity contribution is 0.173. The Morgan fingerprint density at radius 3 is 2.39 bits per heavy atom. The summed E-state index contributed by atoms with van der Waals surface area (Å²) in [6.07, 6.45) is -0.777. The fraction of sp³-hybridized carbons (Fsp3) is 0.294. The molecule has 0 aromatic heterocycles. The summed E-state index contributed by atoms with van der Waals surface area (Å²) in [5.41, 5.74) is 1.10. The maximum Gasteiger partial charge on any atom is 0.127 e. The van der Waals surface area contributed by atoms with Gasteiger partial charge in [-0.1, -0.05) is 11.6 Å². The van der Waals surface area contributed by atoms with E-state index in [1.54, 1.807) is 38.5 Å². The third-order valence-electron chi connectivity index (χ3n) is 3.42. The highest BCUT2D eigenvalue weighted by Crippen LogP contribution is 2.26. The number of nitrogens with one attached hydrogen (secondary N) is 1. The first-order valence-corrected chi connectivity index (χ1v) is 7.47. The summed E-state index contributed by atoms with van der Waals surface area (Å²) < 4.78 is 24.0. The van der Waals surface area contributed by atoms with E-state index in [1.807, 2.05) is 0 Å². The molecule has 2 rings (SSSR count). The van der Waals surface area contributed by atoms with E-state index in [4.69, 9.17) is 21.1 Å². The van der Waals surface area contributed by atoms with Crippen LogP contribution < -0.4 is 14.8 Å². The van der Waals surface area contributed by atoms with E-state index in [0.717, 1.165) is 0 Å². The molecule has 6 heteroatoms. The second kappa shape index (κ2) is 8.15. The molecular weight excluding hydrogens is 321 g/mol. The topological polar surface area (TPSA) is 50.7 Å². The van der Waals surface area contributed by atoms with Gasteiger partial charge >= 0.3 is 0 Å². The Kier molecular flexibility index (Phi) is 6.21. The zero-order chi connectivity index (χ0) is 16.8. The zero-order valence-corrected chi connectivity index (χ0v) is 13.7. The molecule has 1 unspecified atom stereocenters. The van der Waals surface area contributed by atoms with E-state index < -0.39 is 6.10 Å². The van der Waals surface area contributed by atoms with Gasteiger partial charge in [0.15, 0.2) is 0 Å². The second-order valence-corrected chi connectivity index (χ2v) is 5.46. The summed E-state index contributed by atoms with van der Waals surface area (Å²) in [7, 11) is 3.09. The number of aliphatic hydroxyl groups is 1. The van der Waals surface area contributed by atoms with E-state index in [0.29, 0.717) is 27.6 Å². The minimum atomic E-state index is -0.777. The first-order valence-electron chi connectivity index (χ1n) is 7.09. The SMILES string of the molecule is COc1cc(OC)cc(C(O)CNCc2cc(Cl)ccc2F)c1. The molecule has 0 aliphatic rings. The van der Waals surface area contributed by atoms with Crippen LogP contribution in [-0.4, -0.2) is 25.9 Å². The van der Waals surface area contributed by atoms with Crippen molar-refractivity contribution in [2.24, 2.45) is 0 Å². The lowest BCUT2D eigenvalue weighted by Crippen LogP contribution is -2.21. The normalized spacial score (nSPS) is 12.0. The fourth-order valence-electron chi connectivity index (χ4n) is 2.16. The third-order valence-corrected chi connectivity index (χ3v) is 3.65. The Hall–Kier alpha value is -1.82. The summed E-state index contributed by atoms with van der Waals surface area (Å²) in [6, 6.07) is 9.57. The van der Waals surface area contributed by atoms with Crippen molar-refractivity contribution in [2.45, 2.75) is 12.6 Å². The van der Waals surface area contributed by atoms with Gasteiger partial charge in [-0.3, -0.25) is 0 Å². The lowest BCUT2D eigenvalue weighted by atomic mass is 10.1. The molecule has 0 spiro atoms. The Bertz CT molecular complexity index is 644. The Morgan fingerprint density at radius 1 is 1.13 bits per heavy atom. The van der Waals surface area contributed by atoms with E-state index in [1.165, 1.54) is 12.1 Å². The number of hydrogen-bond donors (Lipinski definition) is 2. The summed E-state index contributed by atoms with van der Waals surface area (Å²) in [5.74, 6) is 0.859. The number of aliphatic hydroxyl groups excluding tert-OH is 1. The third kappa shape index (κ3) is 4.82. The molecule has 0 bridgehead atoms. The molecule has 0 saturated carbocycles. The van der Waals surface area contributed by atoms with Crippen LogP contribution in [0.1, 0.15) is 17.2 Å². The summed E-state index contributed by atoms with van der Waals surface area (Å²) >= 11 is 5.85. The molecule has 0 amide bonds. The van der Waals surface area contributed by atoms with Crippen LogP contribution >= 0.6 is 11.6 Å². The van der Waals surface area contributed by atoms with Crippen LogP contribution in [0.3, 0.4) is 0 Å². The second-order valence-electron chi connectivity index (χ2n) is 5.03. The van der Waals surface area contributed by atoms with Crippen LogP contribution in [0.4, 0.5) is 4.39 Å². The minimum absolute atomic E-state index is 0.252. The average molecular weight is 340 g/mol. The van der Waals surface area contributed by atoms with Crippen LogP contribution in [-0.2, 0) is 6.54 Å². The van der Waals surface area contributed by atoms with Crippen LogP contribution in [0.5, 0.6) is 11.5 Å². The largest absolute Gasteiger partial charge is 0.497 e. The molecule has 0 saturated heterocycles. The smallest absolute Gasteiger partial charge is 0.127 e. The van der Waals surface area contributed by atoms with Gasteiger partial charge in [-0.15, -0.1) is 0 Å². The average Bonchev–Trinajstić information content (AvgIpc) is 2.57. The summed E-state index contributed by atoms with van der Waals surface area (Å²) in [5, 5.41) is 13.8. The molecule has 0 heterocycles. The monoisotopic (exact) mass is 339 g/mol. The van der Waals surface area contributed by atoms with Crippen molar-refractivity contribution in [1.29, 1.82) is 0 Å². The summed E-state index contributed by atoms with van der Waals surface area (Å²) in [6.45, 7) is 0.521. The van der Waals surface area contributed by atoms with Crippen LogP contribution in [0.25, 0.3) is 0 Å². The highest BCUT2D eigenvalue weighted by atomic mass is 35.5. The Labute approximate surface area is 139 Å². The predicted molar refractivity (Wildman–Crippen MR) is 87.6 cm³/mol. The van der Waals surface area contributed by atoms with Crippen molar-refractivity contribution in [3.8, 4) is 11.5 Å². The number of methoxy groups -OCH3 is 2. The molecule has 124 valence electrons. The van der Waals surface area contributed by atoms with Crippen molar-refractivity contribution in [2.75, 3.05) is 20.8 Å². The molecular formula is C17H19ClFNO3. The van der Waals surface area contributed by atoms with Crippen LogP contribution in [0, 0.1) is 5.82 Å². The van der Waals surface area contributed by atoms with Gasteiger partial charge < -0.3 is 19.9 Å².